The highest BCUT2D eigenvalue weighted by molar-refractivity contribution is 5.92. The summed E-state index contributed by atoms with van der Waals surface area (Å²) >= 11 is 0. The van der Waals surface area contributed by atoms with Crippen molar-refractivity contribution in [1.29, 1.82) is 0 Å². The smallest absolute Gasteiger partial charge is 0.395 e. The fraction of sp³-hybridized carbons (Fsp3) is 0.576. The molecule has 15 heteroatoms. The number of ether oxygens (including phenoxy) is 2. The van der Waals surface area contributed by atoms with Crippen molar-refractivity contribution in [2.75, 3.05) is 13.1 Å². The summed E-state index contributed by atoms with van der Waals surface area (Å²) in [5.41, 5.74) is 0.889. The number of carbonyl (C=O) groups is 3. The molecule has 5 rings (SSSR count). The Kier molecular flexibility index (Phi) is 10.4. The van der Waals surface area contributed by atoms with Gasteiger partial charge in [-0.15, -0.1) is 0 Å². The summed E-state index contributed by atoms with van der Waals surface area (Å²) in [6.07, 6.45) is -1.75. The Hall–Kier alpha value is -4.04. The van der Waals surface area contributed by atoms with Crippen molar-refractivity contribution in [3.63, 3.8) is 0 Å². The number of halogens is 6. The van der Waals surface area contributed by atoms with Crippen molar-refractivity contribution >= 4 is 17.7 Å². The maximum Gasteiger partial charge on any atom is 0.395 e. The van der Waals surface area contributed by atoms with E-state index < -0.39 is 53.9 Å². The standard InChI is InChI=1S/C33H38F6N4O5/c1-19(44)42-18-22(21-8-9-27(47-31(34)35)28(15-21)48-32(2,36)37)14-26(42)29(45)40-16-23-4-3-5-25(41-23)30(46)43(17-20-6-7-20)24-10-12-33(38,39)13-11-24/h3-5,8-9,15,20,22,24,26,31H,6-7,10-14,16-18H2,1-2H3,(H,40,45)/t22?,26-/m1/s1. The zero-order valence-corrected chi connectivity index (χ0v) is 26.6. The maximum atomic E-state index is 13.8. The molecule has 262 valence electrons. The zero-order valence-electron chi connectivity index (χ0n) is 26.6. The van der Waals surface area contributed by atoms with E-state index in [1.807, 2.05) is 0 Å². The van der Waals surface area contributed by atoms with E-state index in [4.69, 9.17) is 0 Å². The Morgan fingerprint density at radius 2 is 1.79 bits per heavy atom. The van der Waals surface area contributed by atoms with Crippen LogP contribution in [0.3, 0.4) is 0 Å². The van der Waals surface area contributed by atoms with Crippen molar-refractivity contribution in [2.45, 2.75) is 102 Å². The molecule has 1 aromatic carbocycles. The predicted octanol–water partition coefficient (Wildman–Crippen LogP) is 6.13. The minimum atomic E-state index is -3.69. The average molecular weight is 685 g/mol. The molecule has 0 bridgehead atoms. The molecule has 9 nitrogen and oxygen atoms in total. The molecule has 1 saturated heterocycles. The van der Waals surface area contributed by atoms with Gasteiger partial charge in [-0.2, -0.15) is 17.6 Å². The van der Waals surface area contributed by atoms with Crippen LogP contribution in [0, 0.1) is 5.92 Å². The van der Waals surface area contributed by atoms with Gasteiger partial charge in [0.1, 0.15) is 11.7 Å². The molecular weight excluding hydrogens is 646 g/mol. The number of nitrogens with zero attached hydrogens (tertiary/aromatic N) is 3. The van der Waals surface area contributed by atoms with Crippen LogP contribution in [0.15, 0.2) is 36.4 Å². The Bertz CT molecular complexity index is 1490. The molecule has 2 aliphatic carbocycles. The SMILES string of the molecule is CC(=O)N1CC(c2ccc(OC(F)F)c(OC(C)(F)F)c2)C[C@@H]1C(=O)NCc1cccc(C(=O)N(CC2CC2)C2CCC(F)(F)CC2)n1. The van der Waals surface area contributed by atoms with Gasteiger partial charge in [0.05, 0.1) is 12.2 Å². The van der Waals surface area contributed by atoms with Crippen LogP contribution >= 0.6 is 0 Å². The van der Waals surface area contributed by atoms with Crippen molar-refractivity contribution in [1.82, 2.24) is 20.1 Å². The number of pyridine rings is 1. The molecule has 1 unspecified atom stereocenters. The largest absolute Gasteiger partial charge is 0.431 e. The molecule has 1 aliphatic heterocycles. The third-order valence-corrected chi connectivity index (χ3v) is 8.96. The first kappa shape index (κ1) is 35.3. The summed E-state index contributed by atoms with van der Waals surface area (Å²) in [6.45, 7) is -1.09. The van der Waals surface area contributed by atoms with Crippen LogP contribution in [0.2, 0.25) is 0 Å². The first-order valence-corrected chi connectivity index (χ1v) is 15.9. The predicted molar refractivity (Wildman–Crippen MR) is 160 cm³/mol. The Labute approximate surface area is 273 Å². The van der Waals surface area contributed by atoms with Gasteiger partial charge < -0.3 is 24.6 Å². The number of alkyl halides is 6. The van der Waals surface area contributed by atoms with Gasteiger partial charge in [-0.1, -0.05) is 12.1 Å². The lowest BCUT2D eigenvalue weighted by Gasteiger charge is -2.37. The second-order valence-electron chi connectivity index (χ2n) is 12.8. The number of benzene rings is 1. The molecule has 0 spiro atoms. The van der Waals surface area contributed by atoms with Crippen molar-refractivity contribution in [3.8, 4) is 11.5 Å². The van der Waals surface area contributed by atoms with Gasteiger partial charge in [0, 0.05) is 51.7 Å². The maximum absolute atomic E-state index is 13.8. The van der Waals surface area contributed by atoms with Gasteiger partial charge in [-0.25, -0.2) is 13.8 Å². The molecule has 3 fully saturated rings. The van der Waals surface area contributed by atoms with E-state index in [0.717, 1.165) is 25.0 Å². The summed E-state index contributed by atoms with van der Waals surface area (Å²) in [5.74, 6) is -5.37. The first-order valence-electron chi connectivity index (χ1n) is 15.9. The molecule has 2 saturated carbocycles. The molecule has 1 aromatic heterocycles. The lowest BCUT2D eigenvalue weighted by Crippen LogP contribution is -2.45. The Morgan fingerprint density at radius 1 is 1.08 bits per heavy atom. The monoisotopic (exact) mass is 684 g/mol. The van der Waals surface area contributed by atoms with E-state index in [0.29, 0.717) is 30.6 Å². The second-order valence-corrected chi connectivity index (χ2v) is 12.8. The summed E-state index contributed by atoms with van der Waals surface area (Å²) in [7, 11) is 0. The fourth-order valence-corrected chi connectivity index (χ4v) is 6.37. The summed E-state index contributed by atoms with van der Waals surface area (Å²) in [4.78, 5) is 46.9. The zero-order chi connectivity index (χ0) is 34.8. The Balaban J connectivity index is 1.26. The second kappa shape index (κ2) is 14.2. The van der Waals surface area contributed by atoms with E-state index in [2.05, 4.69) is 19.8 Å². The highest BCUT2D eigenvalue weighted by atomic mass is 19.3. The van der Waals surface area contributed by atoms with Gasteiger partial charge in [0.2, 0.25) is 17.7 Å². The number of nitrogens with one attached hydrogen (secondary N) is 1. The number of hydrogen-bond acceptors (Lipinski definition) is 6. The van der Waals surface area contributed by atoms with Gasteiger partial charge >= 0.3 is 12.7 Å². The van der Waals surface area contributed by atoms with Crippen LogP contribution in [-0.4, -0.2) is 76.3 Å². The lowest BCUT2D eigenvalue weighted by atomic mass is 9.90. The summed E-state index contributed by atoms with van der Waals surface area (Å²) in [5, 5.41) is 2.75. The van der Waals surface area contributed by atoms with E-state index in [1.54, 1.807) is 23.1 Å². The van der Waals surface area contributed by atoms with Crippen LogP contribution in [0.4, 0.5) is 26.3 Å². The minimum Gasteiger partial charge on any atom is -0.431 e. The quantitative estimate of drug-likeness (QED) is 0.271. The molecule has 0 radical (unpaired) electrons. The van der Waals surface area contributed by atoms with Crippen LogP contribution < -0.4 is 14.8 Å². The van der Waals surface area contributed by atoms with Crippen molar-refractivity contribution < 1.29 is 50.2 Å². The topological polar surface area (TPSA) is 101 Å². The first-order chi connectivity index (χ1) is 22.6. The van der Waals surface area contributed by atoms with Gasteiger partial charge in [0.15, 0.2) is 11.5 Å². The molecule has 3 aliphatic rings. The number of hydrogen-bond donors (Lipinski definition) is 1. The Morgan fingerprint density at radius 3 is 2.42 bits per heavy atom. The summed E-state index contributed by atoms with van der Waals surface area (Å²) in [6, 6.07) is 7.15. The van der Waals surface area contributed by atoms with E-state index in [9.17, 15) is 40.7 Å². The molecule has 2 atom stereocenters. The van der Waals surface area contributed by atoms with Crippen molar-refractivity contribution in [2.24, 2.45) is 5.92 Å². The van der Waals surface area contributed by atoms with Gasteiger partial charge in [-0.3, -0.25) is 14.4 Å². The molecule has 3 amide bonds. The molecule has 48 heavy (non-hydrogen) atoms. The number of amides is 3. The molecule has 1 N–H and O–H groups in total. The average Bonchev–Trinajstić information content (AvgIpc) is 3.72. The fourth-order valence-electron chi connectivity index (χ4n) is 6.37. The molecule has 2 heterocycles. The third-order valence-electron chi connectivity index (χ3n) is 8.96. The van der Waals surface area contributed by atoms with Gasteiger partial charge in [-0.05, 0) is 67.9 Å². The third kappa shape index (κ3) is 9.10. The lowest BCUT2D eigenvalue weighted by molar-refractivity contribution is -0.161. The molecular formula is C33H38F6N4O5. The van der Waals surface area contributed by atoms with Crippen LogP contribution in [-0.2, 0) is 16.1 Å². The minimum absolute atomic E-state index is 0.0522. The van der Waals surface area contributed by atoms with Crippen molar-refractivity contribution in [3.05, 3.63) is 53.3 Å². The van der Waals surface area contributed by atoms with Crippen LogP contribution in [0.1, 0.15) is 86.5 Å². The highest BCUT2D eigenvalue weighted by Gasteiger charge is 2.41. The van der Waals surface area contributed by atoms with E-state index >= 15 is 0 Å². The van der Waals surface area contributed by atoms with E-state index in [1.165, 1.54) is 17.9 Å². The molecule has 2 aromatic rings. The highest BCUT2D eigenvalue weighted by Crippen LogP contribution is 2.40. The summed E-state index contributed by atoms with van der Waals surface area (Å²) < 4.78 is 89.5. The number of rotatable bonds is 12. The number of likely N-dealkylation sites (tertiary alicyclic amines) is 1. The van der Waals surface area contributed by atoms with Gasteiger partial charge in [0.25, 0.3) is 5.91 Å². The number of carbonyl (C=O) groups excluding carboxylic acids is 3. The van der Waals surface area contributed by atoms with Crippen LogP contribution in [0.25, 0.3) is 0 Å². The normalized spacial score (nSPS) is 21.2. The van der Waals surface area contributed by atoms with Crippen LogP contribution in [0.5, 0.6) is 11.5 Å². The number of aromatic nitrogens is 1. The van der Waals surface area contributed by atoms with E-state index in [-0.39, 0.29) is 62.8 Å².